The van der Waals surface area contributed by atoms with E-state index in [1.807, 2.05) is 0 Å². The molecule has 124 valence electrons. The summed E-state index contributed by atoms with van der Waals surface area (Å²) in [6, 6.07) is -0.277. The van der Waals surface area contributed by atoms with Gasteiger partial charge in [-0.05, 0) is 12.8 Å². The fourth-order valence-corrected chi connectivity index (χ4v) is 3.06. The SMILES string of the molecule is CC[C@H](C)[C@H](NS(=O)(=O)c1cc(C(=O)OC)c(C)o1)C(=O)O. The highest BCUT2D eigenvalue weighted by atomic mass is 32.2. The van der Waals surface area contributed by atoms with Crippen molar-refractivity contribution in [3.05, 3.63) is 17.4 Å². The maximum Gasteiger partial charge on any atom is 0.341 e. The normalized spacial score (nSPS) is 14.4. The summed E-state index contributed by atoms with van der Waals surface area (Å²) in [6.45, 7) is 4.78. The van der Waals surface area contributed by atoms with Gasteiger partial charge in [0.2, 0.25) is 5.09 Å². The number of carbonyl (C=O) groups is 2. The van der Waals surface area contributed by atoms with E-state index in [9.17, 15) is 18.0 Å². The van der Waals surface area contributed by atoms with Gasteiger partial charge in [0, 0.05) is 6.07 Å². The number of methoxy groups -OCH3 is 1. The van der Waals surface area contributed by atoms with Crippen LogP contribution >= 0.6 is 0 Å². The largest absolute Gasteiger partial charge is 0.480 e. The average molecular weight is 333 g/mol. The highest BCUT2D eigenvalue weighted by Gasteiger charge is 2.32. The van der Waals surface area contributed by atoms with Crippen molar-refractivity contribution in [2.24, 2.45) is 5.92 Å². The number of furan rings is 1. The van der Waals surface area contributed by atoms with E-state index in [1.54, 1.807) is 13.8 Å². The molecule has 0 saturated carbocycles. The number of aliphatic carboxylic acids is 1. The molecule has 0 bridgehead atoms. The Morgan fingerprint density at radius 3 is 2.50 bits per heavy atom. The molecule has 0 aliphatic heterocycles. The van der Waals surface area contributed by atoms with Crippen molar-refractivity contribution in [2.75, 3.05) is 7.11 Å². The van der Waals surface area contributed by atoms with Crippen molar-refractivity contribution >= 4 is 22.0 Å². The molecule has 0 fully saturated rings. The molecule has 9 heteroatoms. The molecule has 0 radical (unpaired) electrons. The summed E-state index contributed by atoms with van der Waals surface area (Å²) in [6.07, 6.45) is 0.476. The minimum absolute atomic E-state index is 0.0294. The van der Waals surface area contributed by atoms with Gasteiger partial charge in [0.05, 0.1) is 7.11 Å². The standard InChI is InChI=1S/C13H19NO7S/c1-5-7(2)11(12(15)16)14-22(18,19)10-6-9(8(3)21-10)13(17)20-4/h6-7,11,14H,5H2,1-4H3,(H,15,16)/t7-,11-/m0/s1. The molecule has 0 aromatic carbocycles. The van der Waals surface area contributed by atoms with E-state index in [0.29, 0.717) is 6.42 Å². The van der Waals surface area contributed by atoms with E-state index in [-0.39, 0.29) is 11.3 Å². The van der Waals surface area contributed by atoms with Crippen LogP contribution in [0.5, 0.6) is 0 Å². The second-order valence-corrected chi connectivity index (χ2v) is 6.49. The first-order valence-corrected chi connectivity index (χ1v) is 8.06. The molecule has 0 saturated heterocycles. The topological polar surface area (TPSA) is 123 Å². The molecule has 1 aromatic heterocycles. The van der Waals surface area contributed by atoms with Crippen molar-refractivity contribution in [1.29, 1.82) is 0 Å². The third-order valence-electron chi connectivity index (χ3n) is 3.33. The van der Waals surface area contributed by atoms with Gasteiger partial charge in [-0.25, -0.2) is 13.2 Å². The fourth-order valence-electron chi connectivity index (χ4n) is 1.77. The quantitative estimate of drug-likeness (QED) is 0.717. The third kappa shape index (κ3) is 3.86. The number of carbonyl (C=O) groups excluding carboxylic acids is 1. The van der Waals surface area contributed by atoms with Crippen LogP contribution in [0.2, 0.25) is 0 Å². The van der Waals surface area contributed by atoms with Crippen molar-refractivity contribution in [3.8, 4) is 0 Å². The molecule has 8 nitrogen and oxygen atoms in total. The van der Waals surface area contributed by atoms with E-state index >= 15 is 0 Å². The molecule has 0 unspecified atom stereocenters. The van der Waals surface area contributed by atoms with Crippen molar-refractivity contribution < 1.29 is 32.3 Å². The van der Waals surface area contributed by atoms with Crippen LogP contribution in [0.4, 0.5) is 0 Å². The van der Waals surface area contributed by atoms with Crippen LogP contribution in [0.1, 0.15) is 36.4 Å². The second-order valence-electron chi connectivity index (χ2n) is 4.85. The van der Waals surface area contributed by atoms with Crippen LogP contribution in [0, 0.1) is 12.8 Å². The number of ether oxygens (including phenoxy) is 1. The number of nitrogens with one attached hydrogen (secondary N) is 1. The molecule has 1 aromatic rings. The van der Waals surface area contributed by atoms with Crippen LogP contribution in [0.15, 0.2) is 15.6 Å². The number of sulfonamides is 1. The van der Waals surface area contributed by atoms with Gasteiger partial charge in [-0.3, -0.25) is 4.79 Å². The minimum atomic E-state index is -4.21. The smallest absolute Gasteiger partial charge is 0.341 e. The van der Waals surface area contributed by atoms with Gasteiger partial charge in [0.25, 0.3) is 10.0 Å². The molecule has 1 rings (SSSR count). The molecule has 0 amide bonds. The minimum Gasteiger partial charge on any atom is -0.480 e. The van der Waals surface area contributed by atoms with Crippen LogP contribution in [0.3, 0.4) is 0 Å². The van der Waals surface area contributed by atoms with Crippen LogP contribution < -0.4 is 4.72 Å². The first-order valence-electron chi connectivity index (χ1n) is 6.57. The number of hydrogen-bond donors (Lipinski definition) is 2. The number of rotatable bonds is 7. The Morgan fingerprint density at radius 1 is 1.45 bits per heavy atom. The van der Waals surface area contributed by atoms with Gasteiger partial charge in [0.1, 0.15) is 17.4 Å². The summed E-state index contributed by atoms with van der Waals surface area (Å²) < 4.78 is 36.1. The maximum absolute atomic E-state index is 12.2. The van der Waals surface area contributed by atoms with Gasteiger partial charge < -0.3 is 14.3 Å². The second kappa shape index (κ2) is 6.93. The highest BCUT2D eigenvalue weighted by molar-refractivity contribution is 7.89. The van der Waals surface area contributed by atoms with Gasteiger partial charge >= 0.3 is 11.9 Å². The summed E-state index contributed by atoms with van der Waals surface area (Å²) in [5.74, 6) is -2.36. The first-order chi connectivity index (χ1) is 10.1. The van der Waals surface area contributed by atoms with E-state index in [1.165, 1.54) is 6.92 Å². The Morgan fingerprint density at radius 2 is 2.05 bits per heavy atom. The summed E-state index contributed by atoms with van der Waals surface area (Å²) in [4.78, 5) is 22.7. The number of esters is 1. The van der Waals surface area contributed by atoms with Crippen molar-refractivity contribution in [2.45, 2.75) is 38.3 Å². The highest BCUT2D eigenvalue weighted by Crippen LogP contribution is 2.21. The number of carboxylic acid groups (broad SMARTS) is 1. The Hall–Kier alpha value is -1.87. The lowest BCUT2D eigenvalue weighted by molar-refractivity contribution is -0.140. The van der Waals surface area contributed by atoms with Crippen LogP contribution in [-0.2, 0) is 19.6 Å². The molecule has 0 aliphatic carbocycles. The lowest BCUT2D eigenvalue weighted by Crippen LogP contribution is -2.44. The Labute approximate surface area is 128 Å². The maximum atomic E-state index is 12.2. The lowest BCUT2D eigenvalue weighted by Gasteiger charge is -2.19. The van der Waals surface area contributed by atoms with Crippen molar-refractivity contribution in [1.82, 2.24) is 4.72 Å². The molecule has 0 spiro atoms. The summed E-state index contributed by atoms with van der Waals surface area (Å²) in [7, 11) is -3.05. The first kappa shape index (κ1) is 18.2. The molecule has 0 aliphatic rings. The van der Waals surface area contributed by atoms with Gasteiger partial charge in [-0.2, -0.15) is 4.72 Å². The van der Waals surface area contributed by atoms with E-state index < -0.39 is 39.0 Å². The number of carboxylic acids is 1. The Bertz CT molecular complexity index is 662. The molecular weight excluding hydrogens is 314 g/mol. The van der Waals surface area contributed by atoms with E-state index in [2.05, 4.69) is 9.46 Å². The molecule has 22 heavy (non-hydrogen) atoms. The predicted octanol–water partition coefficient (Wildman–Crippen LogP) is 1.15. The number of hydrogen-bond acceptors (Lipinski definition) is 6. The average Bonchev–Trinajstić information content (AvgIpc) is 2.85. The third-order valence-corrected chi connectivity index (χ3v) is 4.62. The zero-order valence-corrected chi connectivity index (χ0v) is 13.6. The summed E-state index contributed by atoms with van der Waals surface area (Å²) in [5, 5.41) is 8.61. The summed E-state index contributed by atoms with van der Waals surface area (Å²) >= 11 is 0. The van der Waals surface area contributed by atoms with Crippen LogP contribution in [0.25, 0.3) is 0 Å². The lowest BCUT2D eigenvalue weighted by atomic mass is 10.0. The van der Waals surface area contributed by atoms with Gasteiger partial charge in [-0.1, -0.05) is 20.3 Å². The molecule has 2 atom stereocenters. The predicted molar refractivity (Wildman–Crippen MR) is 76.0 cm³/mol. The van der Waals surface area contributed by atoms with E-state index in [4.69, 9.17) is 9.52 Å². The van der Waals surface area contributed by atoms with Gasteiger partial charge in [0.15, 0.2) is 0 Å². The monoisotopic (exact) mass is 333 g/mol. The van der Waals surface area contributed by atoms with E-state index in [0.717, 1.165) is 13.2 Å². The zero-order chi connectivity index (χ0) is 17.1. The van der Waals surface area contributed by atoms with Crippen LogP contribution in [-0.4, -0.2) is 38.6 Å². The number of aryl methyl sites for hydroxylation is 1. The summed E-state index contributed by atoms with van der Waals surface area (Å²) in [5.41, 5.74) is -0.0294. The van der Waals surface area contributed by atoms with Gasteiger partial charge in [-0.15, -0.1) is 0 Å². The Kier molecular flexibility index (Phi) is 5.72. The molecular formula is C13H19NO7S. The zero-order valence-electron chi connectivity index (χ0n) is 12.7. The Balaban J connectivity index is 3.14. The molecule has 1 heterocycles. The molecule has 2 N–H and O–H groups in total. The fraction of sp³-hybridized carbons (Fsp3) is 0.538. The van der Waals surface area contributed by atoms with Crippen molar-refractivity contribution in [3.63, 3.8) is 0 Å².